The minimum atomic E-state index is -0.417. The number of H-pyrrole nitrogens is 1. The molecule has 0 aliphatic heterocycles. The molecule has 2 heterocycles. The molecule has 4 rings (SSSR count). The maximum absolute atomic E-state index is 12.8. The molecule has 2 amide bonds. The van der Waals surface area contributed by atoms with Gasteiger partial charge in [-0.1, -0.05) is 29.3 Å². The van der Waals surface area contributed by atoms with Crippen LogP contribution < -0.4 is 10.6 Å². The van der Waals surface area contributed by atoms with E-state index in [9.17, 15) is 9.59 Å². The normalized spacial score (nSPS) is 10.6. The average Bonchev–Trinajstić information content (AvgIpc) is 3.20. The van der Waals surface area contributed by atoms with Crippen molar-refractivity contribution in [3.8, 4) is 11.3 Å². The van der Waals surface area contributed by atoms with E-state index in [0.717, 1.165) is 5.69 Å². The number of rotatable bonds is 5. The average molecular weight is 466 g/mol. The number of pyridine rings is 1. The number of carbonyl (C=O) groups is 2. The van der Waals surface area contributed by atoms with Crippen molar-refractivity contribution in [2.45, 2.75) is 6.92 Å². The van der Waals surface area contributed by atoms with Gasteiger partial charge < -0.3 is 10.6 Å². The highest BCUT2D eigenvalue weighted by Crippen LogP contribution is 2.30. The van der Waals surface area contributed by atoms with Gasteiger partial charge in [0.05, 0.1) is 21.3 Å². The summed E-state index contributed by atoms with van der Waals surface area (Å²) in [6.07, 6.45) is 1.67. The van der Waals surface area contributed by atoms with Crippen molar-refractivity contribution >= 4 is 46.5 Å². The van der Waals surface area contributed by atoms with Crippen molar-refractivity contribution in [2.75, 3.05) is 10.6 Å². The Kier molecular flexibility index (Phi) is 6.20. The first-order valence-corrected chi connectivity index (χ1v) is 10.3. The molecule has 160 valence electrons. The second-order valence-electron chi connectivity index (χ2n) is 6.95. The van der Waals surface area contributed by atoms with E-state index in [0.29, 0.717) is 33.3 Å². The van der Waals surface area contributed by atoms with Gasteiger partial charge in [0.1, 0.15) is 0 Å². The van der Waals surface area contributed by atoms with Gasteiger partial charge in [0.15, 0.2) is 5.82 Å². The fourth-order valence-corrected chi connectivity index (χ4v) is 3.51. The molecule has 0 aliphatic rings. The van der Waals surface area contributed by atoms with E-state index in [1.54, 1.807) is 30.5 Å². The highest BCUT2D eigenvalue weighted by atomic mass is 35.5. The van der Waals surface area contributed by atoms with Gasteiger partial charge in [0.2, 0.25) is 0 Å². The van der Waals surface area contributed by atoms with Crippen LogP contribution in [-0.4, -0.2) is 27.0 Å². The number of anilines is 2. The first-order valence-electron chi connectivity index (χ1n) is 9.56. The second kappa shape index (κ2) is 9.21. The molecule has 2 aromatic carbocycles. The zero-order chi connectivity index (χ0) is 22.7. The monoisotopic (exact) mass is 465 g/mol. The minimum Gasteiger partial charge on any atom is -0.322 e. The lowest BCUT2D eigenvalue weighted by Crippen LogP contribution is -2.15. The Balaban J connectivity index is 1.51. The van der Waals surface area contributed by atoms with Gasteiger partial charge in [0, 0.05) is 34.8 Å². The molecule has 3 N–H and O–H groups in total. The van der Waals surface area contributed by atoms with Crippen LogP contribution in [0.3, 0.4) is 0 Å². The molecule has 0 atom stereocenters. The van der Waals surface area contributed by atoms with Crippen molar-refractivity contribution in [1.29, 1.82) is 0 Å². The maximum Gasteiger partial charge on any atom is 0.257 e. The zero-order valence-corrected chi connectivity index (χ0v) is 18.3. The first kappa shape index (κ1) is 21.5. The van der Waals surface area contributed by atoms with Crippen LogP contribution in [-0.2, 0) is 0 Å². The number of aromatic nitrogens is 3. The van der Waals surface area contributed by atoms with Crippen molar-refractivity contribution in [3.63, 3.8) is 0 Å². The maximum atomic E-state index is 12.8. The van der Waals surface area contributed by atoms with Crippen LogP contribution in [0.5, 0.6) is 0 Å². The van der Waals surface area contributed by atoms with Gasteiger partial charge in [0.25, 0.3) is 11.8 Å². The standard InChI is InChI=1S/C23H17Cl2N5O2/c1-13-10-21(30-29-13)28-22(31)14-5-7-16(19(25)11-14)23(32)27-15-6-8-18(24)17(12-15)20-4-2-3-9-26-20/h2-12H,1H3,(H,27,32)(H2,28,29,30,31). The van der Waals surface area contributed by atoms with Crippen LogP contribution in [0.1, 0.15) is 26.4 Å². The summed E-state index contributed by atoms with van der Waals surface area (Å²) in [6, 6.07) is 16.8. The smallest absolute Gasteiger partial charge is 0.257 e. The molecule has 0 fully saturated rings. The van der Waals surface area contributed by atoms with E-state index in [1.807, 2.05) is 25.1 Å². The number of carbonyl (C=O) groups excluding carboxylic acids is 2. The van der Waals surface area contributed by atoms with Crippen LogP contribution in [0.4, 0.5) is 11.5 Å². The quantitative estimate of drug-likeness (QED) is 0.357. The summed E-state index contributed by atoms with van der Waals surface area (Å²) in [6.45, 7) is 1.83. The van der Waals surface area contributed by atoms with E-state index >= 15 is 0 Å². The molecular weight excluding hydrogens is 449 g/mol. The molecule has 0 bridgehead atoms. The fourth-order valence-electron chi connectivity index (χ4n) is 3.03. The lowest BCUT2D eigenvalue weighted by atomic mass is 10.1. The number of nitrogens with one attached hydrogen (secondary N) is 3. The molecule has 9 heteroatoms. The van der Waals surface area contributed by atoms with Gasteiger partial charge in [-0.25, -0.2) is 0 Å². The number of benzene rings is 2. The fraction of sp³-hybridized carbons (Fsp3) is 0.0435. The number of amides is 2. The number of hydrogen-bond donors (Lipinski definition) is 3. The molecule has 0 aliphatic carbocycles. The molecule has 0 saturated heterocycles. The van der Waals surface area contributed by atoms with E-state index in [2.05, 4.69) is 25.8 Å². The summed E-state index contributed by atoms with van der Waals surface area (Å²) in [5.41, 5.74) is 3.26. The summed E-state index contributed by atoms with van der Waals surface area (Å²) in [5.74, 6) is -0.404. The lowest BCUT2D eigenvalue weighted by molar-refractivity contribution is 0.101. The Hall–Kier alpha value is -3.68. The summed E-state index contributed by atoms with van der Waals surface area (Å²) < 4.78 is 0. The molecular formula is C23H17Cl2N5O2. The van der Waals surface area contributed by atoms with E-state index < -0.39 is 5.91 Å². The van der Waals surface area contributed by atoms with Crippen molar-refractivity contribution < 1.29 is 9.59 Å². The number of nitrogens with zero attached hydrogens (tertiary/aromatic N) is 2. The molecule has 0 spiro atoms. The molecule has 0 unspecified atom stereocenters. The topological polar surface area (TPSA) is 99.8 Å². The Bertz CT molecular complexity index is 1310. The van der Waals surface area contributed by atoms with Crippen LogP contribution in [0.25, 0.3) is 11.3 Å². The molecule has 2 aromatic heterocycles. The molecule has 4 aromatic rings. The van der Waals surface area contributed by atoms with Crippen molar-refractivity contribution in [2.24, 2.45) is 0 Å². The predicted molar refractivity (Wildman–Crippen MR) is 125 cm³/mol. The Labute approximate surface area is 193 Å². The van der Waals surface area contributed by atoms with Gasteiger partial charge in [-0.2, -0.15) is 5.10 Å². The number of aromatic amines is 1. The third kappa shape index (κ3) is 4.80. The number of halogens is 2. The summed E-state index contributed by atoms with van der Waals surface area (Å²) in [4.78, 5) is 29.5. The predicted octanol–water partition coefficient (Wildman–Crippen LogP) is 5.59. The minimum absolute atomic E-state index is 0.146. The van der Waals surface area contributed by atoms with E-state index in [4.69, 9.17) is 23.2 Å². The Morgan fingerprint density at radius 2 is 1.75 bits per heavy atom. The van der Waals surface area contributed by atoms with Crippen molar-refractivity contribution in [3.05, 3.63) is 93.7 Å². The van der Waals surface area contributed by atoms with Gasteiger partial charge in [-0.3, -0.25) is 19.7 Å². The van der Waals surface area contributed by atoms with E-state index in [-0.39, 0.29) is 16.5 Å². The molecule has 32 heavy (non-hydrogen) atoms. The highest BCUT2D eigenvalue weighted by Gasteiger charge is 2.16. The number of aryl methyl sites for hydroxylation is 1. The first-order chi connectivity index (χ1) is 15.4. The van der Waals surface area contributed by atoms with Crippen LogP contribution >= 0.6 is 23.2 Å². The van der Waals surface area contributed by atoms with Crippen LogP contribution in [0, 0.1) is 6.92 Å². The molecule has 0 saturated carbocycles. The highest BCUT2D eigenvalue weighted by molar-refractivity contribution is 6.35. The largest absolute Gasteiger partial charge is 0.322 e. The van der Waals surface area contributed by atoms with Crippen LogP contribution in [0.2, 0.25) is 10.0 Å². The van der Waals surface area contributed by atoms with E-state index in [1.165, 1.54) is 18.2 Å². The molecule has 7 nitrogen and oxygen atoms in total. The SMILES string of the molecule is Cc1cc(NC(=O)c2ccc(C(=O)Nc3ccc(Cl)c(-c4ccccn4)c3)c(Cl)c2)n[nH]1. The third-order valence-electron chi connectivity index (χ3n) is 4.59. The summed E-state index contributed by atoms with van der Waals surface area (Å²) in [5, 5.41) is 12.8. The lowest BCUT2D eigenvalue weighted by Gasteiger charge is -2.11. The zero-order valence-electron chi connectivity index (χ0n) is 16.8. The Morgan fingerprint density at radius 1 is 0.906 bits per heavy atom. The van der Waals surface area contributed by atoms with Crippen LogP contribution in [0.15, 0.2) is 66.9 Å². The third-order valence-corrected chi connectivity index (χ3v) is 5.23. The van der Waals surface area contributed by atoms with Crippen molar-refractivity contribution in [1.82, 2.24) is 15.2 Å². The second-order valence-corrected chi connectivity index (χ2v) is 7.76. The molecule has 0 radical (unpaired) electrons. The number of hydrogen-bond acceptors (Lipinski definition) is 4. The van der Waals surface area contributed by atoms with Gasteiger partial charge in [-0.05, 0) is 55.5 Å². The summed E-state index contributed by atoms with van der Waals surface area (Å²) >= 11 is 12.6. The van der Waals surface area contributed by atoms with Gasteiger partial charge >= 0.3 is 0 Å². The van der Waals surface area contributed by atoms with Gasteiger partial charge in [-0.15, -0.1) is 0 Å². The summed E-state index contributed by atoms with van der Waals surface area (Å²) in [7, 11) is 0. The Morgan fingerprint density at radius 3 is 2.44 bits per heavy atom.